The van der Waals surface area contributed by atoms with Gasteiger partial charge in [-0.3, -0.25) is 0 Å². The largest absolute Gasteiger partial charge is 0.504 e. The van der Waals surface area contributed by atoms with Crippen LogP contribution in [0.25, 0.3) is 0 Å². The topological polar surface area (TPSA) is 192 Å². The Labute approximate surface area is 277 Å². The van der Waals surface area contributed by atoms with Crippen LogP contribution in [0.4, 0.5) is 0 Å². The maximum Gasteiger partial charge on any atom is 0.338 e. The molecule has 0 heterocycles. The molecule has 12 nitrogen and oxygen atoms in total. The molecule has 0 unspecified atom stereocenters. The fourth-order valence-corrected chi connectivity index (χ4v) is 5.37. The smallest absolute Gasteiger partial charge is 0.338 e. The van der Waals surface area contributed by atoms with E-state index in [0.29, 0.717) is 37.2 Å². The summed E-state index contributed by atoms with van der Waals surface area (Å²) in [7, 11) is 3.14. The van der Waals surface area contributed by atoms with Crippen LogP contribution in [0.1, 0.15) is 44.7 Å². The molecule has 4 aromatic rings. The molecule has 0 saturated carbocycles. The normalized spacial score (nSPS) is 12.1. The maximum absolute atomic E-state index is 13.0. The average Bonchev–Trinajstić information content (AvgIpc) is 3.08. The molecule has 0 saturated heterocycles. The van der Waals surface area contributed by atoms with Crippen LogP contribution in [0.5, 0.6) is 46.0 Å². The van der Waals surface area contributed by atoms with E-state index in [9.17, 15) is 40.2 Å². The third kappa shape index (κ3) is 9.15. The number of ether oxygens (including phenoxy) is 4. The van der Waals surface area contributed by atoms with Crippen LogP contribution >= 0.6 is 0 Å². The van der Waals surface area contributed by atoms with Crippen LogP contribution in [0.3, 0.4) is 0 Å². The molecule has 0 fully saturated rings. The molecular formula is C36H38O12. The summed E-state index contributed by atoms with van der Waals surface area (Å²) < 4.78 is 21.9. The monoisotopic (exact) mass is 662 g/mol. The molecule has 0 amide bonds. The first kappa shape index (κ1) is 35.1. The van der Waals surface area contributed by atoms with Crippen LogP contribution < -0.4 is 9.47 Å². The number of hydrogen-bond donors (Lipinski definition) is 6. The third-order valence-electron chi connectivity index (χ3n) is 7.92. The molecule has 4 aromatic carbocycles. The minimum atomic E-state index is -0.814. The zero-order valence-electron chi connectivity index (χ0n) is 26.5. The van der Waals surface area contributed by atoms with Crippen molar-refractivity contribution in [3.05, 3.63) is 95.1 Å². The van der Waals surface area contributed by atoms with E-state index in [2.05, 4.69) is 0 Å². The highest BCUT2D eigenvalue weighted by Gasteiger charge is 2.26. The van der Waals surface area contributed by atoms with Crippen molar-refractivity contribution >= 4 is 11.9 Å². The zero-order valence-corrected chi connectivity index (χ0v) is 26.5. The number of hydrogen-bond acceptors (Lipinski definition) is 12. The van der Waals surface area contributed by atoms with Crippen molar-refractivity contribution in [3.8, 4) is 46.0 Å². The average molecular weight is 663 g/mol. The number of methoxy groups -OCH3 is 2. The highest BCUT2D eigenvalue weighted by Crippen LogP contribution is 2.37. The maximum atomic E-state index is 13.0. The Morgan fingerprint density at radius 2 is 1.04 bits per heavy atom. The second kappa shape index (κ2) is 16.2. The molecule has 254 valence electrons. The second-order valence-corrected chi connectivity index (χ2v) is 11.2. The Hall–Kier alpha value is -5.78. The van der Waals surface area contributed by atoms with Gasteiger partial charge in [-0.2, -0.15) is 0 Å². The van der Waals surface area contributed by atoms with E-state index >= 15 is 0 Å². The van der Waals surface area contributed by atoms with Gasteiger partial charge < -0.3 is 49.6 Å². The summed E-state index contributed by atoms with van der Waals surface area (Å²) in [4.78, 5) is 25.7. The van der Waals surface area contributed by atoms with Gasteiger partial charge in [-0.05, 0) is 91.3 Å². The van der Waals surface area contributed by atoms with Crippen molar-refractivity contribution in [2.75, 3.05) is 27.4 Å². The molecule has 0 radical (unpaired) electrons. The fourth-order valence-electron chi connectivity index (χ4n) is 5.37. The number of carbonyl (C=O) groups excluding carboxylic acids is 2. The number of aromatic hydroxyl groups is 6. The Balaban J connectivity index is 1.57. The molecule has 0 aromatic heterocycles. The molecule has 12 heteroatoms. The van der Waals surface area contributed by atoms with Crippen molar-refractivity contribution in [2.45, 2.75) is 25.7 Å². The summed E-state index contributed by atoms with van der Waals surface area (Å²) in [5, 5.41) is 58.6. The number of phenols is 6. The molecule has 6 N–H and O–H groups in total. The van der Waals surface area contributed by atoms with Gasteiger partial charge in [-0.25, -0.2) is 9.59 Å². The van der Waals surface area contributed by atoms with Gasteiger partial charge in [-0.1, -0.05) is 24.3 Å². The molecule has 0 spiro atoms. The van der Waals surface area contributed by atoms with Crippen LogP contribution in [0, 0.1) is 11.8 Å². The Bertz CT molecular complexity index is 1690. The van der Waals surface area contributed by atoms with E-state index in [-0.39, 0.29) is 36.2 Å². The zero-order chi connectivity index (χ0) is 34.8. The van der Waals surface area contributed by atoms with Gasteiger partial charge in [0.15, 0.2) is 34.5 Å². The minimum absolute atomic E-state index is 0.00637. The SMILES string of the molecule is COc1cccc(C[C@H](CCCOC(=O)c2cc(O)c(O)c(O)c2)[C@@H](COC(=O)c2cc(O)c(O)c(O)c2)Cc2cccc(OC)c2)c1. The molecule has 48 heavy (non-hydrogen) atoms. The first-order valence-corrected chi connectivity index (χ1v) is 15.1. The molecule has 0 aliphatic heterocycles. The first-order chi connectivity index (χ1) is 23.0. The number of carbonyl (C=O) groups is 2. The van der Waals surface area contributed by atoms with Crippen molar-refractivity contribution in [1.29, 1.82) is 0 Å². The lowest BCUT2D eigenvalue weighted by Crippen LogP contribution is -2.26. The number of rotatable bonds is 15. The molecule has 0 aliphatic rings. The summed E-state index contributed by atoms with van der Waals surface area (Å²) in [5.41, 5.74) is 1.60. The highest BCUT2D eigenvalue weighted by molar-refractivity contribution is 5.91. The summed E-state index contributed by atoms with van der Waals surface area (Å²) >= 11 is 0. The predicted molar refractivity (Wildman–Crippen MR) is 173 cm³/mol. The van der Waals surface area contributed by atoms with Crippen LogP contribution in [-0.4, -0.2) is 70.0 Å². The minimum Gasteiger partial charge on any atom is -0.504 e. The highest BCUT2D eigenvalue weighted by atomic mass is 16.5. The summed E-state index contributed by atoms with van der Waals surface area (Å²) in [6, 6.07) is 19.1. The van der Waals surface area contributed by atoms with E-state index < -0.39 is 46.4 Å². The first-order valence-electron chi connectivity index (χ1n) is 15.1. The lowest BCUT2D eigenvalue weighted by molar-refractivity contribution is 0.0361. The lowest BCUT2D eigenvalue weighted by atomic mass is 9.80. The third-order valence-corrected chi connectivity index (χ3v) is 7.92. The summed E-state index contributed by atoms with van der Waals surface area (Å²) in [6.45, 7) is -0.0630. The Morgan fingerprint density at radius 1 is 0.604 bits per heavy atom. The van der Waals surface area contributed by atoms with Gasteiger partial charge in [0.2, 0.25) is 0 Å². The molecular weight excluding hydrogens is 624 g/mol. The van der Waals surface area contributed by atoms with Gasteiger partial charge in [0.05, 0.1) is 38.6 Å². The fraction of sp³-hybridized carbons (Fsp3) is 0.278. The van der Waals surface area contributed by atoms with E-state index in [1.807, 2.05) is 48.5 Å². The van der Waals surface area contributed by atoms with E-state index in [1.165, 1.54) is 0 Å². The van der Waals surface area contributed by atoms with Crippen molar-refractivity contribution in [2.24, 2.45) is 11.8 Å². The molecule has 0 aliphatic carbocycles. The van der Waals surface area contributed by atoms with E-state index in [1.54, 1.807) is 14.2 Å². The van der Waals surface area contributed by atoms with Gasteiger partial charge >= 0.3 is 11.9 Å². The molecule has 2 atom stereocenters. The Morgan fingerprint density at radius 3 is 1.50 bits per heavy atom. The van der Waals surface area contributed by atoms with Crippen molar-refractivity contribution in [3.63, 3.8) is 0 Å². The van der Waals surface area contributed by atoms with Gasteiger partial charge in [-0.15, -0.1) is 0 Å². The lowest BCUT2D eigenvalue weighted by Gasteiger charge is -2.28. The van der Waals surface area contributed by atoms with E-state index in [4.69, 9.17) is 18.9 Å². The molecule has 4 rings (SSSR count). The standard InChI is InChI=1S/C36H38O12/c1-45-27-9-3-6-21(14-27)12-23(8-5-11-47-35(43)24-16-29(37)33(41)30(38)17-24)26(13-22-7-4-10-28(15-22)46-2)20-48-36(44)25-18-31(39)34(42)32(40)19-25/h3-4,6-7,9-10,14-19,23,26,37-42H,5,8,11-13,20H2,1-2H3/t23-,26+/m0/s1. The van der Waals surface area contributed by atoms with Crippen LogP contribution in [0.2, 0.25) is 0 Å². The predicted octanol–water partition coefficient (Wildman–Crippen LogP) is 5.45. The number of esters is 2. The summed E-state index contributed by atoms with van der Waals surface area (Å²) in [5.74, 6) is -4.86. The Kier molecular flexibility index (Phi) is 11.8. The van der Waals surface area contributed by atoms with Gasteiger partial charge in [0, 0.05) is 5.92 Å². The number of benzene rings is 4. The van der Waals surface area contributed by atoms with Crippen molar-refractivity contribution < 1.29 is 59.2 Å². The molecule has 0 bridgehead atoms. The van der Waals surface area contributed by atoms with Crippen LogP contribution in [0.15, 0.2) is 72.8 Å². The quantitative estimate of drug-likeness (QED) is 0.0537. The van der Waals surface area contributed by atoms with Gasteiger partial charge in [0.25, 0.3) is 0 Å². The van der Waals surface area contributed by atoms with Gasteiger partial charge in [0.1, 0.15) is 11.5 Å². The van der Waals surface area contributed by atoms with Crippen LogP contribution in [-0.2, 0) is 22.3 Å². The van der Waals surface area contributed by atoms with E-state index in [0.717, 1.165) is 35.4 Å². The number of phenolic OH excluding ortho intramolecular Hbond substituents is 6. The summed E-state index contributed by atoms with van der Waals surface area (Å²) in [6.07, 6.45) is 1.93. The second-order valence-electron chi connectivity index (χ2n) is 11.2. The van der Waals surface area contributed by atoms with Crippen molar-refractivity contribution in [1.82, 2.24) is 0 Å².